The fraction of sp³-hybridized carbons (Fsp3) is 0.667. The number of rotatable bonds is 4. The van der Waals surface area contributed by atoms with E-state index in [-0.39, 0.29) is 0 Å². The van der Waals surface area contributed by atoms with E-state index in [0.29, 0.717) is 11.6 Å². The Bertz CT molecular complexity index is 506. The molecule has 2 nitrogen and oxygen atoms in total. The second-order valence-corrected chi connectivity index (χ2v) is 7.90. The van der Waals surface area contributed by atoms with E-state index in [4.69, 9.17) is 11.6 Å². The van der Waals surface area contributed by atoms with Crippen LogP contribution >= 0.6 is 11.6 Å². The first-order valence-electron chi connectivity index (χ1n) is 8.38. The van der Waals surface area contributed by atoms with Gasteiger partial charge >= 0.3 is 0 Å². The molecule has 4 rings (SSSR count). The molecule has 114 valence electrons. The lowest BCUT2D eigenvalue weighted by molar-refractivity contribution is 0.0234. The minimum Gasteiger partial charge on any atom is -0.311 e. The molecule has 0 bridgehead atoms. The highest BCUT2D eigenvalue weighted by Gasteiger charge is 2.49. The van der Waals surface area contributed by atoms with Crippen molar-refractivity contribution in [2.75, 3.05) is 13.1 Å². The van der Waals surface area contributed by atoms with E-state index in [2.05, 4.69) is 29.3 Å². The first-order chi connectivity index (χ1) is 10.1. The number of nitrogens with one attached hydrogen (secondary N) is 1. The van der Waals surface area contributed by atoms with Gasteiger partial charge in [-0.25, -0.2) is 0 Å². The molecule has 3 heteroatoms. The van der Waals surface area contributed by atoms with Gasteiger partial charge in [-0.15, -0.1) is 0 Å². The van der Waals surface area contributed by atoms with Crippen LogP contribution in [0.5, 0.6) is 0 Å². The second-order valence-electron chi connectivity index (χ2n) is 7.46. The van der Waals surface area contributed by atoms with E-state index in [0.717, 1.165) is 29.9 Å². The fourth-order valence-electron chi connectivity index (χ4n) is 3.94. The molecule has 2 saturated carbocycles. The Labute approximate surface area is 132 Å². The van der Waals surface area contributed by atoms with Crippen molar-refractivity contribution in [3.8, 4) is 0 Å². The van der Waals surface area contributed by atoms with Crippen molar-refractivity contribution in [3.05, 3.63) is 34.9 Å². The van der Waals surface area contributed by atoms with E-state index in [9.17, 15) is 0 Å². The summed E-state index contributed by atoms with van der Waals surface area (Å²) in [5.41, 5.74) is 1.73. The minimum atomic E-state index is 0.338. The van der Waals surface area contributed by atoms with Crippen LogP contribution in [0.1, 0.15) is 38.2 Å². The molecule has 21 heavy (non-hydrogen) atoms. The first-order valence-corrected chi connectivity index (χ1v) is 8.76. The maximum Gasteiger partial charge on any atom is 0.0406 e. The van der Waals surface area contributed by atoms with Crippen LogP contribution in [0.3, 0.4) is 0 Å². The third-order valence-corrected chi connectivity index (χ3v) is 6.05. The van der Waals surface area contributed by atoms with Gasteiger partial charge in [-0.1, -0.05) is 23.7 Å². The van der Waals surface area contributed by atoms with Crippen LogP contribution < -0.4 is 5.32 Å². The van der Waals surface area contributed by atoms with Crippen molar-refractivity contribution in [1.29, 1.82) is 0 Å². The van der Waals surface area contributed by atoms with Gasteiger partial charge in [0.1, 0.15) is 0 Å². The molecule has 3 fully saturated rings. The van der Waals surface area contributed by atoms with Gasteiger partial charge in [-0.3, -0.25) is 4.90 Å². The molecule has 1 heterocycles. The predicted molar refractivity (Wildman–Crippen MR) is 87.5 cm³/mol. The molecule has 3 aliphatic rings. The van der Waals surface area contributed by atoms with E-state index < -0.39 is 0 Å². The van der Waals surface area contributed by atoms with Crippen molar-refractivity contribution in [3.63, 3.8) is 0 Å². The smallest absolute Gasteiger partial charge is 0.0406 e. The van der Waals surface area contributed by atoms with E-state index in [1.54, 1.807) is 0 Å². The highest BCUT2D eigenvalue weighted by atomic mass is 35.5. The standard InChI is InChI=1S/C18H25ClN2/c1-18(15-6-7-15)12-20-17(14-4-5-14)11-21(18)10-13-2-8-16(19)9-3-13/h2-3,8-9,14-15,17,20H,4-7,10-12H2,1H3. The van der Waals surface area contributed by atoms with E-state index >= 15 is 0 Å². The fourth-order valence-corrected chi connectivity index (χ4v) is 4.06. The van der Waals surface area contributed by atoms with Gasteiger partial charge < -0.3 is 5.32 Å². The number of halogens is 1. The number of hydrogen-bond acceptors (Lipinski definition) is 2. The molecular weight excluding hydrogens is 280 g/mol. The van der Waals surface area contributed by atoms with Gasteiger partial charge in [-0.2, -0.15) is 0 Å². The summed E-state index contributed by atoms with van der Waals surface area (Å²) in [6.45, 7) is 5.90. The molecule has 1 aliphatic heterocycles. The van der Waals surface area contributed by atoms with Crippen molar-refractivity contribution in [1.82, 2.24) is 10.2 Å². The van der Waals surface area contributed by atoms with Crippen molar-refractivity contribution < 1.29 is 0 Å². The molecule has 0 aromatic heterocycles. The highest BCUT2D eigenvalue weighted by molar-refractivity contribution is 6.30. The Morgan fingerprint density at radius 2 is 1.90 bits per heavy atom. The number of nitrogens with zero attached hydrogens (tertiary/aromatic N) is 1. The summed E-state index contributed by atoms with van der Waals surface area (Å²) in [6, 6.07) is 9.12. The zero-order chi connectivity index (χ0) is 14.4. The molecule has 0 radical (unpaired) electrons. The Morgan fingerprint density at radius 1 is 1.19 bits per heavy atom. The van der Waals surface area contributed by atoms with Crippen LogP contribution in [0.4, 0.5) is 0 Å². The molecule has 1 N–H and O–H groups in total. The number of hydrogen-bond donors (Lipinski definition) is 1. The molecule has 0 amide bonds. The van der Waals surface area contributed by atoms with Crippen molar-refractivity contribution in [2.45, 2.75) is 50.7 Å². The Morgan fingerprint density at radius 3 is 2.52 bits per heavy atom. The predicted octanol–water partition coefficient (Wildman–Crippen LogP) is 3.69. The zero-order valence-corrected chi connectivity index (χ0v) is 13.6. The number of benzene rings is 1. The van der Waals surface area contributed by atoms with Gasteiger partial charge in [0.2, 0.25) is 0 Å². The zero-order valence-electron chi connectivity index (χ0n) is 12.8. The maximum absolute atomic E-state index is 6.02. The second kappa shape index (κ2) is 5.26. The summed E-state index contributed by atoms with van der Waals surface area (Å²) in [6.07, 6.45) is 5.66. The lowest BCUT2D eigenvalue weighted by atomic mass is 9.88. The largest absolute Gasteiger partial charge is 0.311 e. The van der Waals surface area contributed by atoms with Gasteiger partial charge in [0.15, 0.2) is 0 Å². The van der Waals surface area contributed by atoms with Crippen molar-refractivity contribution >= 4 is 11.6 Å². The summed E-state index contributed by atoms with van der Waals surface area (Å²) in [4.78, 5) is 2.76. The topological polar surface area (TPSA) is 15.3 Å². The third-order valence-electron chi connectivity index (χ3n) is 5.80. The average molecular weight is 305 g/mol. The Balaban J connectivity index is 1.53. The van der Waals surface area contributed by atoms with Crippen LogP contribution in [-0.4, -0.2) is 29.6 Å². The Hall–Kier alpha value is -0.570. The first kappa shape index (κ1) is 14.0. The lowest BCUT2D eigenvalue weighted by Crippen LogP contribution is -2.64. The van der Waals surface area contributed by atoms with Crippen molar-refractivity contribution in [2.24, 2.45) is 11.8 Å². The average Bonchev–Trinajstić information content (AvgIpc) is 3.36. The normalized spacial score (nSPS) is 34.1. The maximum atomic E-state index is 6.02. The molecule has 1 aromatic rings. The number of piperazine rings is 1. The van der Waals surface area contributed by atoms with Gasteiger partial charge in [0.05, 0.1) is 0 Å². The summed E-state index contributed by atoms with van der Waals surface area (Å²) in [5, 5.41) is 4.69. The van der Waals surface area contributed by atoms with Gasteiger partial charge in [-0.05, 0) is 62.1 Å². The van der Waals surface area contributed by atoms with Crippen LogP contribution in [0.15, 0.2) is 24.3 Å². The molecule has 2 aliphatic carbocycles. The summed E-state index contributed by atoms with van der Waals surface area (Å²) < 4.78 is 0. The third kappa shape index (κ3) is 2.86. The van der Waals surface area contributed by atoms with Crippen LogP contribution in [0.2, 0.25) is 5.02 Å². The molecular formula is C18H25ClN2. The molecule has 2 unspecified atom stereocenters. The highest BCUT2D eigenvalue weighted by Crippen LogP contribution is 2.46. The van der Waals surface area contributed by atoms with Crippen LogP contribution in [0, 0.1) is 11.8 Å². The molecule has 2 atom stereocenters. The summed E-state index contributed by atoms with van der Waals surface area (Å²) >= 11 is 6.02. The van der Waals surface area contributed by atoms with E-state index in [1.807, 2.05) is 12.1 Å². The minimum absolute atomic E-state index is 0.338. The molecule has 0 spiro atoms. The SMILES string of the molecule is CC1(C2CC2)CNC(C2CC2)CN1Cc1ccc(Cl)cc1. The van der Waals surface area contributed by atoms with Gasteiger partial charge in [0.25, 0.3) is 0 Å². The van der Waals surface area contributed by atoms with Crippen LogP contribution in [0.25, 0.3) is 0 Å². The summed E-state index contributed by atoms with van der Waals surface area (Å²) in [5.74, 6) is 1.82. The van der Waals surface area contributed by atoms with Crippen LogP contribution in [-0.2, 0) is 6.54 Å². The Kier molecular flexibility index (Phi) is 3.52. The lowest BCUT2D eigenvalue weighted by Gasteiger charge is -2.49. The molecule has 1 aromatic carbocycles. The summed E-state index contributed by atoms with van der Waals surface area (Å²) in [7, 11) is 0. The quantitative estimate of drug-likeness (QED) is 0.912. The monoisotopic (exact) mass is 304 g/mol. The van der Waals surface area contributed by atoms with E-state index in [1.165, 1.54) is 37.8 Å². The molecule has 1 saturated heterocycles. The van der Waals surface area contributed by atoms with Gasteiger partial charge in [0, 0.05) is 36.2 Å².